The van der Waals surface area contributed by atoms with E-state index in [1.807, 2.05) is 30.3 Å². The maximum Gasteiger partial charge on any atom is 0.516 e. The van der Waals surface area contributed by atoms with Crippen LogP contribution in [0.2, 0.25) is 0 Å². The molecule has 0 radical (unpaired) electrons. The molecule has 39 heavy (non-hydrogen) atoms. The predicted octanol–water partition coefficient (Wildman–Crippen LogP) is 4.21. The van der Waals surface area contributed by atoms with Crippen LogP contribution in [0.5, 0.6) is 0 Å². The van der Waals surface area contributed by atoms with Crippen molar-refractivity contribution >= 4 is 38.7 Å². The fourth-order valence-electron chi connectivity index (χ4n) is 4.66. The second kappa shape index (κ2) is 10.8. The Hall–Kier alpha value is -3.74. The number of alkyl halides is 3. The molecule has 1 unspecified atom stereocenters. The number of anilines is 2. The number of rotatable bonds is 7. The molecule has 1 fully saturated rings. The lowest BCUT2D eigenvalue weighted by Gasteiger charge is -2.27. The van der Waals surface area contributed by atoms with Gasteiger partial charge in [0.2, 0.25) is 5.91 Å². The van der Waals surface area contributed by atoms with Crippen LogP contribution in [-0.2, 0) is 21.4 Å². The van der Waals surface area contributed by atoms with Gasteiger partial charge >= 0.3 is 15.5 Å². The van der Waals surface area contributed by atoms with Gasteiger partial charge in [0.25, 0.3) is 0 Å². The summed E-state index contributed by atoms with van der Waals surface area (Å²) in [7, 11) is -5.63. The van der Waals surface area contributed by atoms with Crippen LogP contribution in [0, 0.1) is 0 Å². The number of carbonyl (C=O) groups excluding carboxylic acids is 1. The van der Waals surface area contributed by atoms with Gasteiger partial charge < -0.3 is 10.6 Å². The third-order valence-electron chi connectivity index (χ3n) is 6.58. The van der Waals surface area contributed by atoms with E-state index in [-0.39, 0.29) is 5.69 Å². The van der Waals surface area contributed by atoms with Crippen molar-refractivity contribution < 1.29 is 26.4 Å². The molecule has 5 rings (SSSR count). The molecule has 3 N–H and O–H groups in total. The van der Waals surface area contributed by atoms with Crippen molar-refractivity contribution in [3.63, 3.8) is 0 Å². The van der Waals surface area contributed by atoms with Crippen LogP contribution in [0.3, 0.4) is 0 Å². The minimum absolute atomic E-state index is 0.308. The van der Waals surface area contributed by atoms with Gasteiger partial charge in [0.1, 0.15) is 5.92 Å². The van der Waals surface area contributed by atoms with Crippen molar-refractivity contribution in [1.29, 1.82) is 0 Å². The standard InChI is InChI=1S/C27H26F3N5O3S/c28-27(29,30)39(37,38)34-21-10-11-23-22(16-21)24(26(36)33-23)25(19-4-2-1-3-5-19)32-20-8-6-18(7-9-20)17-35-14-12-31-13-15-35/h1-11,16,24,31,34H,12-15,17H2,(H,33,36). The summed E-state index contributed by atoms with van der Waals surface area (Å²) in [6, 6.07) is 20.5. The maximum atomic E-state index is 13.1. The van der Waals surface area contributed by atoms with Crippen LogP contribution < -0.4 is 15.4 Å². The minimum atomic E-state index is -5.63. The number of hydrogen-bond acceptors (Lipinski definition) is 6. The van der Waals surface area contributed by atoms with E-state index in [0.717, 1.165) is 38.3 Å². The Labute approximate surface area is 224 Å². The lowest BCUT2D eigenvalue weighted by atomic mass is 9.90. The van der Waals surface area contributed by atoms with Crippen LogP contribution in [0.4, 0.5) is 30.2 Å². The Kier molecular flexibility index (Phi) is 7.43. The van der Waals surface area contributed by atoms with Crippen LogP contribution in [0.15, 0.2) is 77.8 Å². The van der Waals surface area contributed by atoms with Gasteiger partial charge in [0.05, 0.1) is 11.4 Å². The first-order valence-electron chi connectivity index (χ1n) is 12.3. The van der Waals surface area contributed by atoms with Gasteiger partial charge in [0, 0.05) is 44.1 Å². The first-order valence-corrected chi connectivity index (χ1v) is 13.8. The number of piperazine rings is 1. The number of nitrogens with one attached hydrogen (secondary N) is 3. The molecule has 0 aliphatic carbocycles. The van der Waals surface area contributed by atoms with Gasteiger partial charge in [-0.1, -0.05) is 42.5 Å². The van der Waals surface area contributed by atoms with Gasteiger partial charge in [-0.3, -0.25) is 19.4 Å². The van der Waals surface area contributed by atoms with E-state index in [9.17, 15) is 26.4 Å². The highest BCUT2D eigenvalue weighted by Crippen LogP contribution is 2.38. The Morgan fingerprint density at radius 3 is 2.36 bits per heavy atom. The summed E-state index contributed by atoms with van der Waals surface area (Å²) in [5, 5.41) is 6.06. The van der Waals surface area contributed by atoms with Crippen molar-refractivity contribution in [2.24, 2.45) is 4.99 Å². The summed E-state index contributed by atoms with van der Waals surface area (Å²) in [6.45, 7) is 4.65. The Morgan fingerprint density at radius 2 is 1.69 bits per heavy atom. The van der Waals surface area contributed by atoms with Crippen molar-refractivity contribution in [2.75, 3.05) is 36.2 Å². The second-order valence-corrected chi connectivity index (χ2v) is 11.0. The zero-order chi connectivity index (χ0) is 27.6. The number of aliphatic imine (C=N–C) groups is 1. The first kappa shape index (κ1) is 26.9. The van der Waals surface area contributed by atoms with E-state index in [0.29, 0.717) is 28.2 Å². The lowest BCUT2D eigenvalue weighted by Crippen LogP contribution is -2.42. The summed E-state index contributed by atoms with van der Waals surface area (Å²) in [6.07, 6.45) is 0. The molecule has 1 saturated heterocycles. The van der Waals surface area contributed by atoms with Gasteiger partial charge in [-0.2, -0.15) is 21.6 Å². The summed E-state index contributed by atoms with van der Waals surface area (Å²) in [5.41, 5.74) is -2.33. The zero-order valence-electron chi connectivity index (χ0n) is 20.7. The fraction of sp³-hybridized carbons (Fsp3) is 0.259. The molecule has 3 aromatic rings. The van der Waals surface area contributed by atoms with Crippen LogP contribution in [-0.4, -0.2) is 56.6 Å². The number of benzene rings is 3. The zero-order valence-corrected chi connectivity index (χ0v) is 21.5. The predicted molar refractivity (Wildman–Crippen MR) is 144 cm³/mol. The molecular formula is C27H26F3N5O3S. The van der Waals surface area contributed by atoms with E-state index < -0.39 is 27.4 Å². The lowest BCUT2D eigenvalue weighted by molar-refractivity contribution is -0.115. The third-order valence-corrected chi connectivity index (χ3v) is 7.70. The average molecular weight is 558 g/mol. The van der Waals surface area contributed by atoms with Gasteiger partial charge in [-0.25, -0.2) is 0 Å². The molecule has 204 valence electrons. The van der Waals surface area contributed by atoms with E-state index in [4.69, 9.17) is 4.99 Å². The Bertz CT molecular complexity index is 1490. The normalized spacial score (nSPS) is 18.5. The Balaban J connectivity index is 1.49. The molecule has 12 heteroatoms. The van der Waals surface area contributed by atoms with E-state index in [1.54, 1.807) is 29.0 Å². The summed E-state index contributed by atoms with van der Waals surface area (Å²) in [5.74, 6) is -1.39. The van der Waals surface area contributed by atoms with Crippen molar-refractivity contribution in [3.05, 3.63) is 89.5 Å². The number of fused-ring (bicyclic) bond motifs is 1. The van der Waals surface area contributed by atoms with Crippen LogP contribution in [0.1, 0.15) is 22.6 Å². The highest BCUT2D eigenvalue weighted by molar-refractivity contribution is 7.93. The molecule has 0 bridgehead atoms. The maximum absolute atomic E-state index is 13.1. The molecule has 8 nitrogen and oxygen atoms in total. The van der Waals surface area contributed by atoms with Crippen molar-refractivity contribution in [2.45, 2.75) is 18.0 Å². The Morgan fingerprint density at radius 1 is 1.00 bits per heavy atom. The molecule has 0 aromatic heterocycles. The minimum Gasteiger partial charge on any atom is -0.325 e. The van der Waals surface area contributed by atoms with Gasteiger partial charge in [-0.05, 0) is 47.0 Å². The third kappa shape index (κ3) is 5.97. The SMILES string of the molecule is O=C1Nc2ccc(NS(=O)(=O)C(F)(F)F)cc2C1C(=Nc1ccc(CN2CCNCC2)cc1)c1ccccc1. The van der Waals surface area contributed by atoms with E-state index in [1.165, 1.54) is 18.2 Å². The molecule has 2 aliphatic heterocycles. The average Bonchev–Trinajstić information content (AvgIpc) is 3.23. The van der Waals surface area contributed by atoms with Crippen molar-refractivity contribution in [1.82, 2.24) is 10.2 Å². The van der Waals surface area contributed by atoms with Crippen LogP contribution >= 0.6 is 0 Å². The largest absolute Gasteiger partial charge is 0.516 e. The topological polar surface area (TPSA) is 103 Å². The highest BCUT2D eigenvalue weighted by atomic mass is 32.2. The first-order chi connectivity index (χ1) is 18.6. The van der Waals surface area contributed by atoms with Gasteiger partial charge in [0.15, 0.2) is 0 Å². The smallest absolute Gasteiger partial charge is 0.325 e. The molecule has 2 heterocycles. The summed E-state index contributed by atoms with van der Waals surface area (Å²) < 4.78 is 63.7. The van der Waals surface area contributed by atoms with Crippen LogP contribution in [0.25, 0.3) is 0 Å². The molecule has 1 amide bonds. The van der Waals surface area contributed by atoms with E-state index in [2.05, 4.69) is 15.5 Å². The number of sulfonamides is 1. The number of hydrogen-bond donors (Lipinski definition) is 3. The fourth-order valence-corrected chi connectivity index (χ4v) is 5.21. The highest BCUT2D eigenvalue weighted by Gasteiger charge is 2.46. The van der Waals surface area contributed by atoms with Gasteiger partial charge in [-0.15, -0.1) is 0 Å². The molecule has 2 aliphatic rings. The molecule has 3 aromatic carbocycles. The number of amides is 1. The number of halogens is 3. The molecule has 1 atom stereocenters. The molecule has 0 saturated carbocycles. The monoisotopic (exact) mass is 557 g/mol. The number of nitrogens with zero attached hydrogens (tertiary/aromatic N) is 2. The summed E-state index contributed by atoms with van der Waals surface area (Å²) in [4.78, 5) is 20.3. The molecule has 0 spiro atoms. The second-order valence-electron chi connectivity index (χ2n) is 9.33. The molecular weight excluding hydrogens is 531 g/mol. The summed E-state index contributed by atoms with van der Waals surface area (Å²) >= 11 is 0. The van der Waals surface area contributed by atoms with Crippen molar-refractivity contribution in [3.8, 4) is 0 Å². The number of carbonyl (C=O) groups is 1. The van der Waals surface area contributed by atoms with E-state index >= 15 is 0 Å². The quantitative estimate of drug-likeness (QED) is 0.378.